The minimum absolute atomic E-state index is 0.0403. The molecule has 2 aliphatic rings. The van der Waals surface area contributed by atoms with Crippen LogP contribution in [0, 0.1) is 23.5 Å². The Morgan fingerprint density at radius 3 is 2.52 bits per heavy atom. The molecular weight excluding hydrogens is 274 g/mol. The largest absolute Gasteiger partial charge is 0.349 e. The van der Waals surface area contributed by atoms with E-state index in [9.17, 15) is 13.6 Å². The zero-order valence-corrected chi connectivity index (χ0v) is 12.0. The highest BCUT2D eigenvalue weighted by Gasteiger charge is 2.49. The number of rotatable bonds is 5. The van der Waals surface area contributed by atoms with E-state index in [1.807, 2.05) is 6.92 Å². The van der Waals surface area contributed by atoms with E-state index in [0.717, 1.165) is 12.8 Å². The van der Waals surface area contributed by atoms with Gasteiger partial charge in [-0.3, -0.25) is 4.79 Å². The molecule has 0 heterocycles. The van der Waals surface area contributed by atoms with Gasteiger partial charge in [-0.2, -0.15) is 0 Å². The van der Waals surface area contributed by atoms with Gasteiger partial charge in [0.05, 0.1) is 5.54 Å². The Kier molecular flexibility index (Phi) is 3.48. The van der Waals surface area contributed by atoms with E-state index in [1.165, 1.54) is 18.2 Å². The van der Waals surface area contributed by atoms with Crippen LogP contribution in [0.2, 0.25) is 0 Å². The lowest BCUT2D eigenvalue weighted by molar-refractivity contribution is -0.124. The molecule has 0 aromatic heterocycles. The maximum atomic E-state index is 13.7. The van der Waals surface area contributed by atoms with Crippen molar-refractivity contribution in [3.05, 3.63) is 35.4 Å². The smallest absolute Gasteiger partial charge is 0.224 e. The van der Waals surface area contributed by atoms with Crippen LogP contribution >= 0.6 is 0 Å². The van der Waals surface area contributed by atoms with Gasteiger partial charge in [-0.25, -0.2) is 8.78 Å². The molecule has 0 bridgehead atoms. The molecule has 3 atom stereocenters. The first-order valence-corrected chi connectivity index (χ1v) is 7.42. The Morgan fingerprint density at radius 2 is 2.00 bits per heavy atom. The molecule has 3 unspecified atom stereocenters. The Balaban J connectivity index is 1.69. The van der Waals surface area contributed by atoms with Gasteiger partial charge in [-0.05, 0) is 44.2 Å². The van der Waals surface area contributed by atoms with E-state index >= 15 is 0 Å². The first kappa shape index (κ1) is 14.4. The van der Waals surface area contributed by atoms with Crippen molar-refractivity contribution in [2.24, 2.45) is 17.6 Å². The highest BCUT2D eigenvalue weighted by molar-refractivity contribution is 5.83. The predicted octanol–water partition coefficient (Wildman–Crippen LogP) is 2.31. The highest BCUT2D eigenvalue weighted by Crippen LogP contribution is 2.50. The molecule has 1 aromatic carbocycles. The molecule has 2 fully saturated rings. The van der Waals surface area contributed by atoms with E-state index in [4.69, 9.17) is 5.73 Å². The lowest BCUT2D eigenvalue weighted by Crippen LogP contribution is -2.53. The molecule has 3 rings (SSSR count). The van der Waals surface area contributed by atoms with Crippen molar-refractivity contribution in [3.8, 4) is 0 Å². The van der Waals surface area contributed by atoms with Crippen LogP contribution in [-0.2, 0) is 4.79 Å². The lowest BCUT2D eigenvalue weighted by Gasteiger charge is -2.29. The third-order valence-electron chi connectivity index (χ3n) is 4.81. The monoisotopic (exact) mass is 294 g/mol. The SMILES string of the molecule is CC(CN)(NC(=O)C1CC1c1c(F)cccc1F)C1CC1. The number of nitrogens with one attached hydrogen (secondary N) is 1. The van der Waals surface area contributed by atoms with Gasteiger partial charge in [0.1, 0.15) is 11.6 Å². The van der Waals surface area contributed by atoms with Gasteiger partial charge in [0.25, 0.3) is 0 Å². The van der Waals surface area contributed by atoms with E-state index in [1.54, 1.807) is 0 Å². The number of nitrogens with two attached hydrogens (primary N) is 1. The summed E-state index contributed by atoms with van der Waals surface area (Å²) >= 11 is 0. The van der Waals surface area contributed by atoms with Gasteiger partial charge >= 0.3 is 0 Å². The van der Waals surface area contributed by atoms with Crippen LogP contribution in [0.25, 0.3) is 0 Å². The molecule has 1 aromatic rings. The summed E-state index contributed by atoms with van der Waals surface area (Å²) in [5.41, 5.74) is 5.43. The third-order valence-corrected chi connectivity index (χ3v) is 4.81. The summed E-state index contributed by atoms with van der Waals surface area (Å²) in [4.78, 5) is 12.3. The summed E-state index contributed by atoms with van der Waals surface area (Å²) in [6.07, 6.45) is 2.64. The van der Waals surface area contributed by atoms with Crippen molar-refractivity contribution in [1.29, 1.82) is 0 Å². The summed E-state index contributed by atoms with van der Waals surface area (Å²) < 4.78 is 27.5. The minimum Gasteiger partial charge on any atom is -0.349 e. The minimum atomic E-state index is -0.570. The van der Waals surface area contributed by atoms with Crippen molar-refractivity contribution in [3.63, 3.8) is 0 Å². The summed E-state index contributed by atoms with van der Waals surface area (Å²) in [6, 6.07) is 3.81. The molecule has 2 saturated carbocycles. The standard InChI is InChI=1S/C16H20F2N2O/c1-16(8-19,9-5-6-9)20-15(21)11-7-10(11)14-12(17)3-2-4-13(14)18/h2-4,9-11H,5-8,19H2,1H3,(H,20,21). The molecule has 0 saturated heterocycles. The van der Waals surface area contributed by atoms with Crippen LogP contribution in [0.15, 0.2) is 18.2 Å². The molecule has 114 valence electrons. The Morgan fingerprint density at radius 1 is 1.38 bits per heavy atom. The maximum absolute atomic E-state index is 13.7. The second-order valence-electron chi connectivity index (χ2n) is 6.47. The third kappa shape index (κ3) is 2.67. The Bertz CT molecular complexity index is 553. The molecule has 3 N–H and O–H groups in total. The van der Waals surface area contributed by atoms with Crippen LogP contribution < -0.4 is 11.1 Å². The van der Waals surface area contributed by atoms with Gasteiger partial charge in [-0.1, -0.05) is 6.07 Å². The quantitative estimate of drug-likeness (QED) is 0.875. The molecule has 2 aliphatic carbocycles. The van der Waals surface area contributed by atoms with Gasteiger partial charge in [0, 0.05) is 23.9 Å². The Hall–Kier alpha value is -1.49. The number of hydrogen-bond donors (Lipinski definition) is 2. The summed E-state index contributed by atoms with van der Waals surface area (Å²) in [6.45, 7) is 2.33. The first-order valence-electron chi connectivity index (χ1n) is 7.42. The molecular formula is C16H20F2N2O. The fraction of sp³-hybridized carbons (Fsp3) is 0.562. The zero-order valence-electron chi connectivity index (χ0n) is 12.0. The van der Waals surface area contributed by atoms with E-state index in [0.29, 0.717) is 18.9 Å². The van der Waals surface area contributed by atoms with Crippen LogP contribution in [0.4, 0.5) is 8.78 Å². The van der Waals surface area contributed by atoms with Crippen molar-refractivity contribution in [1.82, 2.24) is 5.32 Å². The van der Waals surface area contributed by atoms with E-state index in [-0.39, 0.29) is 23.3 Å². The van der Waals surface area contributed by atoms with Crippen LogP contribution in [-0.4, -0.2) is 18.0 Å². The van der Waals surface area contributed by atoms with E-state index < -0.39 is 17.2 Å². The van der Waals surface area contributed by atoms with Crippen molar-refractivity contribution in [2.45, 2.75) is 37.6 Å². The molecule has 0 spiro atoms. The average Bonchev–Trinajstić information content (AvgIpc) is 3.30. The van der Waals surface area contributed by atoms with Crippen LogP contribution in [0.1, 0.15) is 37.7 Å². The van der Waals surface area contributed by atoms with Gasteiger partial charge in [0.2, 0.25) is 5.91 Å². The second-order valence-corrected chi connectivity index (χ2v) is 6.47. The molecule has 5 heteroatoms. The van der Waals surface area contributed by atoms with Crippen molar-refractivity contribution in [2.75, 3.05) is 6.54 Å². The lowest BCUT2D eigenvalue weighted by atomic mass is 9.95. The molecule has 0 aliphatic heterocycles. The predicted molar refractivity (Wildman–Crippen MR) is 75.5 cm³/mol. The topological polar surface area (TPSA) is 55.1 Å². The van der Waals surface area contributed by atoms with Crippen LogP contribution in [0.5, 0.6) is 0 Å². The number of amides is 1. The molecule has 21 heavy (non-hydrogen) atoms. The van der Waals surface area contributed by atoms with Gasteiger partial charge in [-0.15, -0.1) is 0 Å². The second kappa shape index (κ2) is 5.05. The molecule has 1 amide bonds. The zero-order chi connectivity index (χ0) is 15.2. The highest BCUT2D eigenvalue weighted by atomic mass is 19.1. The average molecular weight is 294 g/mol. The number of benzene rings is 1. The van der Waals surface area contributed by atoms with Crippen molar-refractivity contribution >= 4 is 5.91 Å². The normalized spacial score (nSPS) is 27.0. The maximum Gasteiger partial charge on any atom is 0.224 e. The first-order chi connectivity index (χ1) is 9.96. The molecule has 0 radical (unpaired) electrons. The number of carbonyl (C=O) groups is 1. The van der Waals surface area contributed by atoms with E-state index in [2.05, 4.69) is 5.32 Å². The van der Waals surface area contributed by atoms with Gasteiger partial charge in [0.15, 0.2) is 0 Å². The van der Waals surface area contributed by atoms with Crippen molar-refractivity contribution < 1.29 is 13.6 Å². The van der Waals surface area contributed by atoms with Gasteiger partial charge < -0.3 is 11.1 Å². The fourth-order valence-corrected chi connectivity index (χ4v) is 3.08. The summed E-state index contributed by atoms with van der Waals surface area (Å²) in [7, 11) is 0. The Labute approximate surface area is 122 Å². The molecule has 3 nitrogen and oxygen atoms in total. The number of halogens is 2. The number of hydrogen-bond acceptors (Lipinski definition) is 2. The fourth-order valence-electron chi connectivity index (χ4n) is 3.08. The number of carbonyl (C=O) groups excluding carboxylic acids is 1. The summed E-state index contributed by atoms with van der Waals surface area (Å²) in [5.74, 6) is -1.55. The summed E-state index contributed by atoms with van der Waals surface area (Å²) in [5, 5.41) is 3.00. The van der Waals surface area contributed by atoms with Crippen LogP contribution in [0.3, 0.4) is 0 Å².